The van der Waals surface area contributed by atoms with Crippen LogP contribution in [0.2, 0.25) is 0 Å². The molecule has 1 aromatic carbocycles. The Morgan fingerprint density at radius 1 is 0.958 bits per heavy atom. The summed E-state index contributed by atoms with van der Waals surface area (Å²) in [4.78, 5) is 16.5. The van der Waals surface area contributed by atoms with E-state index in [0.717, 1.165) is 58.2 Å². The third kappa shape index (κ3) is 5.99. The molecule has 0 aliphatic carbocycles. The maximum atomic E-state index is 11.8. The number of carbonyl (C=O) groups excluding carboxylic acids is 1. The van der Waals surface area contributed by atoms with Gasteiger partial charge >= 0.3 is 5.97 Å². The zero-order valence-corrected chi connectivity index (χ0v) is 13.9. The van der Waals surface area contributed by atoms with E-state index in [1.165, 1.54) is 12.1 Å². The van der Waals surface area contributed by atoms with Crippen molar-refractivity contribution in [3.05, 3.63) is 23.8 Å². The van der Waals surface area contributed by atoms with Gasteiger partial charge in [0.2, 0.25) is 0 Å². The maximum absolute atomic E-state index is 11.8. The molecule has 2 rings (SSSR count). The Balaban J connectivity index is 1.59. The lowest BCUT2D eigenvalue weighted by atomic mass is 10.2. The van der Waals surface area contributed by atoms with Crippen molar-refractivity contribution in [3.63, 3.8) is 0 Å². The van der Waals surface area contributed by atoms with Gasteiger partial charge in [-0.1, -0.05) is 0 Å². The topological polar surface area (TPSA) is 93.5 Å². The second-order valence-electron chi connectivity index (χ2n) is 5.99. The van der Waals surface area contributed by atoms with Crippen LogP contribution in [0, 0.1) is 0 Å². The number of benzene rings is 1. The molecule has 1 aliphatic heterocycles. The van der Waals surface area contributed by atoms with Crippen molar-refractivity contribution >= 4 is 5.97 Å². The van der Waals surface area contributed by atoms with Crippen LogP contribution in [-0.4, -0.2) is 83.6 Å². The normalized spacial score (nSPS) is 16.2. The first kappa shape index (κ1) is 18.5. The Hall–Kier alpha value is -1.83. The van der Waals surface area contributed by atoms with Crippen molar-refractivity contribution in [2.75, 3.05) is 52.5 Å². The fourth-order valence-electron chi connectivity index (χ4n) is 2.78. The number of hydrogen-bond donors (Lipinski definition) is 3. The predicted molar refractivity (Wildman–Crippen MR) is 89.3 cm³/mol. The van der Waals surface area contributed by atoms with Crippen LogP contribution in [0.3, 0.4) is 0 Å². The Bertz CT molecular complexity index is 509. The number of ether oxygens (including phenoxy) is 1. The number of rotatable bonds is 8. The smallest absolute Gasteiger partial charge is 0.338 e. The average Bonchev–Trinajstić information content (AvgIpc) is 2.55. The molecule has 24 heavy (non-hydrogen) atoms. The predicted octanol–water partition coefficient (Wildman–Crippen LogP) is 0.645. The Labute approximate surface area is 142 Å². The molecule has 1 saturated heterocycles. The van der Waals surface area contributed by atoms with Crippen molar-refractivity contribution in [2.24, 2.45) is 0 Å². The Morgan fingerprint density at radius 3 is 2.12 bits per heavy atom. The third-order valence-electron chi connectivity index (χ3n) is 4.12. The van der Waals surface area contributed by atoms with E-state index >= 15 is 0 Å². The van der Waals surface area contributed by atoms with Crippen molar-refractivity contribution in [3.8, 4) is 11.5 Å². The van der Waals surface area contributed by atoms with E-state index in [0.29, 0.717) is 6.61 Å². The highest BCUT2D eigenvalue weighted by molar-refractivity contribution is 5.90. The SMILES string of the molecule is O=C(OCCCCN1CCN(CCO)CC1)c1cc(O)cc(O)c1. The number of carbonyl (C=O) groups is 1. The quantitative estimate of drug-likeness (QED) is 0.473. The Kier molecular flexibility index (Phi) is 7.30. The number of aliphatic hydroxyl groups excluding tert-OH is 1. The first-order valence-corrected chi connectivity index (χ1v) is 8.34. The van der Waals surface area contributed by atoms with Crippen LogP contribution >= 0.6 is 0 Å². The van der Waals surface area contributed by atoms with Crippen LogP contribution < -0.4 is 0 Å². The minimum absolute atomic E-state index is 0.146. The van der Waals surface area contributed by atoms with Gasteiger partial charge in [-0.05, 0) is 31.5 Å². The highest BCUT2D eigenvalue weighted by atomic mass is 16.5. The van der Waals surface area contributed by atoms with Crippen LogP contribution in [0.1, 0.15) is 23.2 Å². The molecule has 0 aromatic heterocycles. The molecule has 0 radical (unpaired) electrons. The molecule has 1 fully saturated rings. The van der Waals surface area contributed by atoms with Gasteiger partial charge in [-0.3, -0.25) is 4.90 Å². The standard InChI is InChI=1S/C17H26N2O5/c20-9-8-19-6-4-18(5-7-19)3-1-2-10-24-17(23)14-11-15(21)13-16(22)12-14/h11-13,20-22H,1-10H2. The van der Waals surface area contributed by atoms with Gasteiger partial charge in [0.15, 0.2) is 0 Å². The number of hydrogen-bond acceptors (Lipinski definition) is 7. The van der Waals surface area contributed by atoms with Gasteiger partial charge in [0.25, 0.3) is 0 Å². The number of phenolic OH excluding ortho intramolecular Hbond substituents is 2. The molecule has 0 atom stereocenters. The summed E-state index contributed by atoms with van der Waals surface area (Å²) in [7, 11) is 0. The highest BCUT2D eigenvalue weighted by Crippen LogP contribution is 2.20. The summed E-state index contributed by atoms with van der Waals surface area (Å²) in [5, 5.41) is 27.6. The Morgan fingerprint density at radius 2 is 1.54 bits per heavy atom. The third-order valence-corrected chi connectivity index (χ3v) is 4.12. The molecule has 7 heteroatoms. The van der Waals surface area contributed by atoms with Crippen LogP contribution in [0.5, 0.6) is 11.5 Å². The summed E-state index contributed by atoms with van der Waals surface area (Å²) < 4.78 is 5.16. The summed E-state index contributed by atoms with van der Waals surface area (Å²) in [6.45, 7) is 6.21. The number of aliphatic hydroxyl groups is 1. The number of piperazine rings is 1. The summed E-state index contributed by atoms with van der Waals surface area (Å²) >= 11 is 0. The monoisotopic (exact) mass is 338 g/mol. The van der Waals surface area contributed by atoms with Gasteiger partial charge in [0, 0.05) is 38.8 Å². The molecular weight excluding hydrogens is 312 g/mol. The fraction of sp³-hybridized carbons (Fsp3) is 0.588. The summed E-state index contributed by atoms with van der Waals surface area (Å²) in [6.07, 6.45) is 1.71. The average molecular weight is 338 g/mol. The van der Waals surface area contributed by atoms with Gasteiger partial charge in [-0.25, -0.2) is 4.79 Å². The van der Waals surface area contributed by atoms with E-state index in [1.54, 1.807) is 0 Å². The van der Waals surface area contributed by atoms with Crippen LogP contribution in [-0.2, 0) is 4.74 Å². The fourth-order valence-corrected chi connectivity index (χ4v) is 2.78. The van der Waals surface area contributed by atoms with Crippen molar-refractivity contribution in [1.29, 1.82) is 0 Å². The molecule has 0 amide bonds. The van der Waals surface area contributed by atoms with E-state index in [2.05, 4.69) is 9.80 Å². The molecular formula is C17H26N2O5. The molecule has 1 heterocycles. The molecule has 1 aliphatic rings. The second-order valence-corrected chi connectivity index (χ2v) is 5.99. The number of phenols is 2. The number of β-amino-alcohol motifs (C(OH)–C–C–N with tert-alkyl or cyclic N) is 1. The van der Waals surface area contributed by atoms with Crippen molar-refractivity contribution in [1.82, 2.24) is 9.80 Å². The zero-order valence-electron chi connectivity index (χ0n) is 13.9. The van der Waals surface area contributed by atoms with Crippen molar-refractivity contribution in [2.45, 2.75) is 12.8 Å². The van der Waals surface area contributed by atoms with Gasteiger partial charge in [-0.2, -0.15) is 0 Å². The first-order chi connectivity index (χ1) is 11.6. The maximum Gasteiger partial charge on any atom is 0.338 e. The van der Waals surface area contributed by atoms with E-state index in [9.17, 15) is 15.0 Å². The molecule has 0 unspecified atom stereocenters. The van der Waals surface area contributed by atoms with E-state index in [4.69, 9.17) is 9.84 Å². The van der Waals surface area contributed by atoms with E-state index < -0.39 is 5.97 Å². The molecule has 7 nitrogen and oxygen atoms in total. The second kappa shape index (κ2) is 9.46. The number of unbranched alkanes of at least 4 members (excludes halogenated alkanes) is 1. The summed E-state index contributed by atoms with van der Waals surface area (Å²) in [5.74, 6) is -0.872. The highest BCUT2D eigenvalue weighted by Gasteiger charge is 2.15. The number of aromatic hydroxyl groups is 2. The van der Waals surface area contributed by atoms with Gasteiger partial charge in [0.05, 0.1) is 18.8 Å². The molecule has 1 aromatic rings. The summed E-state index contributed by atoms with van der Waals surface area (Å²) in [5.41, 5.74) is 0.146. The molecule has 0 saturated carbocycles. The van der Waals surface area contributed by atoms with Gasteiger partial charge in [0.1, 0.15) is 11.5 Å². The molecule has 0 bridgehead atoms. The lowest BCUT2D eigenvalue weighted by Gasteiger charge is -2.34. The van der Waals surface area contributed by atoms with Crippen molar-refractivity contribution < 1.29 is 24.9 Å². The first-order valence-electron chi connectivity index (χ1n) is 8.34. The van der Waals surface area contributed by atoms with Crippen LogP contribution in [0.4, 0.5) is 0 Å². The van der Waals surface area contributed by atoms with Gasteiger partial charge < -0.3 is 25.0 Å². The molecule has 134 valence electrons. The van der Waals surface area contributed by atoms with Gasteiger partial charge in [-0.15, -0.1) is 0 Å². The van der Waals surface area contributed by atoms with Crippen LogP contribution in [0.25, 0.3) is 0 Å². The minimum atomic E-state index is -0.543. The number of nitrogens with zero attached hydrogens (tertiary/aromatic N) is 2. The number of esters is 1. The van der Waals surface area contributed by atoms with Crippen LogP contribution in [0.15, 0.2) is 18.2 Å². The zero-order chi connectivity index (χ0) is 17.4. The molecule has 0 spiro atoms. The summed E-state index contributed by atoms with van der Waals surface area (Å²) in [6, 6.07) is 3.71. The lowest BCUT2D eigenvalue weighted by molar-refractivity contribution is 0.0490. The minimum Gasteiger partial charge on any atom is -0.508 e. The lowest BCUT2D eigenvalue weighted by Crippen LogP contribution is -2.47. The van der Waals surface area contributed by atoms with E-state index in [-0.39, 0.29) is 23.7 Å². The largest absolute Gasteiger partial charge is 0.508 e. The molecule has 3 N–H and O–H groups in total. The van der Waals surface area contributed by atoms with E-state index in [1.807, 2.05) is 0 Å².